The lowest BCUT2D eigenvalue weighted by Gasteiger charge is -2.21. The van der Waals surface area contributed by atoms with Crippen molar-refractivity contribution in [3.05, 3.63) is 35.0 Å². The number of H-pyrrole nitrogens is 1. The van der Waals surface area contributed by atoms with Crippen molar-refractivity contribution in [2.45, 2.75) is 12.5 Å². The Morgan fingerprint density at radius 1 is 1.43 bits per heavy atom. The van der Waals surface area contributed by atoms with Gasteiger partial charge < -0.3 is 19.8 Å². The van der Waals surface area contributed by atoms with Crippen molar-refractivity contribution in [3.8, 4) is 0 Å². The van der Waals surface area contributed by atoms with E-state index in [1.54, 1.807) is 0 Å². The third-order valence-electron chi connectivity index (χ3n) is 3.53. The number of hydrogen-bond acceptors (Lipinski definition) is 3. The third-order valence-corrected chi connectivity index (χ3v) is 3.77. The number of benzene rings is 1. The molecule has 0 bridgehead atoms. The molecule has 1 aromatic heterocycles. The topological polar surface area (TPSA) is 63.4 Å². The van der Waals surface area contributed by atoms with Crippen LogP contribution >= 0.6 is 11.6 Å². The van der Waals surface area contributed by atoms with Gasteiger partial charge in [-0.05, 0) is 30.2 Å². The first kappa shape index (κ1) is 14.4. The maximum Gasteiger partial charge on any atom is 0.251 e. The van der Waals surface area contributed by atoms with E-state index in [0.717, 1.165) is 22.9 Å². The lowest BCUT2D eigenvalue weighted by atomic mass is 10.1. The zero-order chi connectivity index (χ0) is 14.7. The van der Waals surface area contributed by atoms with Gasteiger partial charge in [0.05, 0.1) is 19.8 Å². The lowest BCUT2D eigenvalue weighted by Crippen LogP contribution is -2.43. The highest BCUT2D eigenvalue weighted by molar-refractivity contribution is 6.31. The van der Waals surface area contributed by atoms with Crippen molar-refractivity contribution < 1.29 is 14.3 Å². The minimum atomic E-state index is -0.490. The van der Waals surface area contributed by atoms with Crippen LogP contribution in [-0.4, -0.2) is 43.4 Å². The Bertz CT molecular complexity index is 635. The number of hydrogen-bond donors (Lipinski definition) is 2. The van der Waals surface area contributed by atoms with Gasteiger partial charge in [0.2, 0.25) is 0 Å². The van der Waals surface area contributed by atoms with E-state index in [9.17, 15) is 4.79 Å². The Kier molecular flexibility index (Phi) is 4.43. The van der Waals surface area contributed by atoms with Crippen LogP contribution in [0, 0.1) is 0 Å². The Balaban J connectivity index is 1.56. The summed E-state index contributed by atoms with van der Waals surface area (Å²) >= 11 is 6.02. The summed E-state index contributed by atoms with van der Waals surface area (Å²) in [7, 11) is 0. The molecule has 1 saturated heterocycles. The number of nitrogens with one attached hydrogen (secondary N) is 2. The minimum absolute atomic E-state index is 0.118. The fourth-order valence-electron chi connectivity index (χ4n) is 2.43. The number of amides is 1. The molecular weight excluding hydrogens is 292 g/mol. The number of ether oxygens (including phenoxy) is 2. The van der Waals surface area contributed by atoms with Crippen molar-refractivity contribution in [2.24, 2.45) is 0 Å². The van der Waals surface area contributed by atoms with E-state index in [4.69, 9.17) is 21.1 Å². The highest BCUT2D eigenvalue weighted by Crippen LogP contribution is 2.22. The van der Waals surface area contributed by atoms with E-state index >= 15 is 0 Å². The van der Waals surface area contributed by atoms with E-state index in [2.05, 4.69) is 10.3 Å². The Morgan fingerprint density at radius 2 is 2.33 bits per heavy atom. The highest BCUT2D eigenvalue weighted by atomic mass is 35.5. The molecule has 1 unspecified atom stereocenters. The van der Waals surface area contributed by atoms with E-state index in [1.165, 1.54) is 0 Å². The van der Waals surface area contributed by atoms with E-state index in [1.807, 2.05) is 24.4 Å². The summed E-state index contributed by atoms with van der Waals surface area (Å²) in [6.07, 6.45) is 2.20. The van der Waals surface area contributed by atoms with Gasteiger partial charge in [-0.25, -0.2) is 0 Å². The van der Waals surface area contributed by atoms with Crippen LogP contribution in [0.2, 0.25) is 5.02 Å². The first-order chi connectivity index (χ1) is 10.2. The van der Waals surface area contributed by atoms with Crippen LogP contribution in [-0.2, 0) is 20.7 Å². The average molecular weight is 309 g/mol. The van der Waals surface area contributed by atoms with Gasteiger partial charge in [-0.1, -0.05) is 11.6 Å². The molecule has 2 N–H and O–H groups in total. The Hall–Kier alpha value is -1.56. The summed E-state index contributed by atoms with van der Waals surface area (Å²) in [5.74, 6) is -0.118. The quantitative estimate of drug-likeness (QED) is 0.906. The maximum atomic E-state index is 11.9. The van der Waals surface area contributed by atoms with Crippen LogP contribution in [0.1, 0.15) is 5.56 Å². The normalized spacial score (nSPS) is 18.8. The second-order valence-corrected chi connectivity index (χ2v) is 5.42. The van der Waals surface area contributed by atoms with Crippen LogP contribution in [0.25, 0.3) is 10.9 Å². The Labute approximate surface area is 127 Å². The molecule has 0 spiro atoms. The molecule has 1 atom stereocenters. The standard InChI is InChI=1S/C15H17ClN2O3/c16-11-1-2-13-12(7-11)10(8-18-13)3-4-17-15(19)14-9-20-5-6-21-14/h1-2,7-8,14,18H,3-6,9H2,(H,17,19). The molecule has 1 aromatic carbocycles. The Morgan fingerprint density at radius 3 is 3.14 bits per heavy atom. The largest absolute Gasteiger partial charge is 0.376 e. The summed E-state index contributed by atoms with van der Waals surface area (Å²) < 4.78 is 10.6. The van der Waals surface area contributed by atoms with Crippen LogP contribution in [0.4, 0.5) is 0 Å². The van der Waals surface area contributed by atoms with Gasteiger partial charge in [0.1, 0.15) is 0 Å². The minimum Gasteiger partial charge on any atom is -0.376 e. The van der Waals surface area contributed by atoms with E-state index in [-0.39, 0.29) is 5.91 Å². The molecule has 0 aliphatic carbocycles. The number of aromatic nitrogens is 1. The molecule has 112 valence electrons. The molecule has 6 heteroatoms. The fourth-order valence-corrected chi connectivity index (χ4v) is 2.60. The number of aromatic amines is 1. The molecule has 2 heterocycles. The predicted molar refractivity (Wildman–Crippen MR) is 80.6 cm³/mol. The summed E-state index contributed by atoms with van der Waals surface area (Å²) in [5.41, 5.74) is 2.18. The molecule has 2 aromatic rings. The van der Waals surface area contributed by atoms with Crippen molar-refractivity contribution in [2.75, 3.05) is 26.4 Å². The van der Waals surface area contributed by atoms with Gasteiger partial charge in [-0.15, -0.1) is 0 Å². The number of halogens is 1. The van der Waals surface area contributed by atoms with Crippen LogP contribution in [0.3, 0.4) is 0 Å². The molecule has 3 rings (SSSR count). The molecule has 0 radical (unpaired) electrons. The molecular formula is C15H17ClN2O3. The highest BCUT2D eigenvalue weighted by Gasteiger charge is 2.22. The molecule has 0 saturated carbocycles. The second-order valence-electron chi connectivity index (χ2n) is 4.98. The van der Waals surface area contributed by atoms with Gasteiger partial charge in [0, 0.05) is 28.7 Å². The first-order valence-corrected chi connectivity index (χ1v) is 7.34. The SMILES string of the molecule is O=C(NCCc1c[nH]c2ccc(Cl)cc12)C1COCCO1. The number of rotatable bonds is 4. The van der Waals surface area contributed by atoms with E-state index < -0.39 is 6.10 Å². The summed E-state index contributed by atoms with van der Waals surface area (Å²) in [6, 6.07) is 5.74. The summed E-state index contributed by atoms with van der Waals surface area (Å²) in [6.45, 7) is 1.91. The molecule has 1 fully saturated rings. The molecule has 5 nitrogen and oxygen atoms in total. The van der Waals surface area contributed by atoms with Gasteiger partial charge >= 0.3 is 0 Å². The number of carbonyl (C=O) groups is 1. The first-order valence-electron chi connectivity index (χ1n) is 6.96. The van der Waals surface area contributed by atoms with Crippen LogP contribution < -0.4 is 5.32 Å². The third kappa shape index (κ3) is 3.37. The van der Waals surface area contributed by atoms with Crippen molar-refractivity contribution in [3.63, 3.8) is 0 Å². The zero-order valence-electron chi connectivity index (χ0n) is 11.5. The monoisotopic (exact) mass is 308 g/mol. The molecule has 1 aliphatic rings. The molecule has 21 heavy (non-hydrogen) atoms. The second kappa shape index (κ2) is 6.47. The smallest absolute Gasteiger partial charge is 0.251 e. The van der Waals surface area contributed by atoms with Crippen LogP contribution in [0.5, 0.6) is 0 Å². The molecule has 1 aliphatic heterocycles. The van der Waals surface area contributed by atoms with Crippen molar-refractivity contribution in [1.82, 2.24) is 10.3 Å². The van der Waals surface area contributed by atoms with Gasteiger partial charge in [-0.3, -0.25) is 4.79 Å². The summed E-state index contributed by atoms with van der Waals surface area (Å²) in [5, 5.41) is 4.68. The van der Waals surface area contributed by atoms with Gasteiger partial charge in [0.25, 0.3) is 5.91 Å². The van der Waals surface area contributed by atoms with Gasteiger partial charge in [0.15, 0.2) is 6.10 Å². The predicted octanol–water partition coefficient (Wildman–Crippen LogP) is 1.90. The lowest BCUT2D eigenvalue weighted by molar-refractivity contribution is -0.147. The van der Waals surface area contributed by atoms with Crippen LogP contribution in [0.15, 0.2) is 24.4 Å². The maximum absolute atomic E-state index is 11.9. The zero-order valence-corrected chi connectivity index (χ0v) is 12.3. The van der Waals surface area contributed by atoms with Crippen molar-refractivity contribution >= 4 is 28.4 Å². The number of fused-ring (bicyclic) bond motifs is 1. The van der Waals surface area contributed by atoms with Crippen molar-refractivity contribution in [1.29, 1.82) is 0 Å². The van der Waals surface area contributed by atoms with E-state index in [0.29, 0.717) is 31.4 Å². The molecule has 1 amide bonds. The van der Waals surface area contributed by atoms with Gasteiger partial charge in [-0.2, -0.15) is 0 Å². The fraction of sp³-hybridized carbons (Fsp3) is 0.400. The number of carbonyl (C=O) groups excluding carboxylic acids is 1. The summed E-state index contributed by atoms with van der Waals surface area (Å²) in [4.78, 5) is 15.1. The average Bonchev–Trinajstić information content (AvgIpc) is 2.90.